The molecule has 0 N–H and O–H groups in total. The quantitative estimate of drug-likeness (QED) is 0.429. The molecule has 0 amide bonds. The molecule has 0 radical (unpaired) electrons. The van der Waals surface area contributed by atoms with Crippen LogP contribution in [0.5, 0.6) is 0 Å². The average Bonchev–Trinajstić information content (AvgIpc) is 2.29. The summed E-state index contributed by atoms with van der Waals surface area (Å²) in [6.45, 7) is 15.3. The highest BCUT2D eigenvalue weighted by Gasteiger charge is 2.37. The minimum absolute atomic E-state index is 0.0251. The van der Waals surface area contributed by atoms with Crippen LogP contribution < -0.4 is 0 Å². The Morgan fingerprint density at radius 3 is 1.91 bits per heavy atom. The number of halogens is 2. The molecule has 5 heteroatoms. The summed E-state index contributed by atoms with van der Waals surface area (Å²) in [5, 5.41) is 0. The summed E-state index contributed by atoms with van der Waals surface area (Å²) >= 11 is 1.38. The van der Waals surface area contributed by atoms with E-state index >= 15 is 0 Å². The molecule has 0 fully saturated rings. The van der Waals surface area contributed by atoms with Gasteiger partial charge >= 0.3 is 5.97 Å². The van der Waals surface area contributed by atoms with Gasteiger partial charge in [0.2, 0.25) is 5.92 Å². The molecular formula is C17H32F2O2S. The van der Waals surface area contributed by atoms with Gasteiger partial charge in [-0.3, -0.25) is 4.79 Å². The predicted molar refractivity (Wildman–Crippen MR) is 90.6 cm³/mol. The fraction of sp³-hybridized carbons (Fsp3) is 0.941. The summed E-state index contributed by atoms with van der Waals surface area (Å²) in [6.07, 6.45) is 0.237. The van der Waals surface area contributed by atoms with Crippen molar-refractivity contribution in [1.82, 2.24) is 0 Å². The van der Waals surface area contributed by atoms with Gasteiger partial charge in [-0.1, -0.05) is 34.6 Å². The number of hydrogen-bond acceptors (Lipinski definition) is 3. The van der Waals surface area contributed by atoms with Crippen LogP contribution in [0.4, 0.5) is 8.78 Å². The van der Waals surface area contributed by atoms with Gasteiger partial charge < -0.3 is 4.74 Å². The molecule has 0 aliphatic rings. The van der Waals surface area contributed by atoms with Crippen LogP contribution in [-0.4, -0.2) is 29.0 Å². The fourth-order valence-corrected chi connectivity index (χ4v) is 2.38. The largest absolute Gasteiger partial charge is 0.464 e. The lowest BCUT2D eigenvalue weighted by Gasteiger charge is -2.38. The summed E-state index contributed by atoms with van der Waals surface area (Å²) < 4.78 is 30.3. The molecule has 0 bridgehead atoms. The Morgan fingerprint density at radius 2 is 1.50 bits per heavy atom. The monoisotopic (exact) mass is 338 g/mol. The second-order valence-electron chi connectivity index (χ2n) is 8.24. The van der Waals surface area contributed by atoms with Gasteiger partial charge in [-0.05, 0) is 38.4 Å². The van der Waals surface area contributed by atoms with Crippen molar-refractivity contribution >= 4 is 17.7 Å². The van der Waals surface area contributed by atoms with Gasteiger partial charge in [0.15, 0.2) is 0 Å². The summed E-state index contributed by atoms with van der Waals surface area (Å²) in [7, 11) is 0. The van der Waals surface area contributed by atoms with E-state index in [1.807, 2.05) is 0 Å². The van der Waals surface area contributed by atoms with Gasteiger partial charge in [-0.2, -0.15) is 0 Å². The number of rotatable bonds is 8. The lowest BCUT2D eigenvalue weighted by Crippen LogP contribution is -2.38. The van der Waals surface area contributed by atoms with Crippen LogP contribution in [0.2, 0.25) is 0 Å². The molecular weight excluding hydrogens is 306 g/mol. The van der Waals surface area contributed by atoms with Crippen LogP contribution in [0.1, 0.15) is 68.2 Å². The van der Waals surface area contributed by atoms with Crippen molar-refractivity contribution in [2.45, 2.75) is 78.9 Å². The third-order valence-corrected chi connectivity index (χ3v) is 5.69. The Morgan fingerprint density at radius 1 is 1.00 bits per heavy atom. The van der Waals surface area contributed by atoms with E-state index in [4.69, 9.17) is 4.74 Å². The van der Waals surface area contributed by atoms with Crippen molar-refractivity contribution in [3.05, 3.63) is 0 Å². The van der Waals surface area contributed by atoms with Crippen molar-refractivity contribution in [2.24, 2.45) is 10.8 Å². The van der Waals surface area contributed by atoms with E-state index in [9.17, 15) is 13.6 Å². The van der Waals surface area contributed by atoms with Crippen LogP contribution in [0.15, 0.2) is 0 Å². The molecule has 0 aromatic rings. The Hall–Kier alpha value is -0.320. The summed E-state index contributed by atoms with van der Waals surface area (Å²) in [6, 6.07) is 0. The number of hydrogen-bond donors (Lipinski definition) is 0. The number of esters is 1. The van der Waals surface area contributed by atoms with E-state index in [1.54, 1.807) is 13.8 Å². The van der Waals surface area contributed by atoms with Crippen molar-refractivity contribution in [3.63, 3.8) is 0 Å². The molecule has 2 nitrogen and oxygen atoms in total. The molecule has 0 rings (SSSR count). The lowest BCUT2D eigenvalue weighted by atomic mass is 9.70. The molecule has 22 heavy (non-hydrogen) atoms. The van der Waals surface area contributed by atoms with E-state index in [0.717, 1.165) is 6.92 Å². The minimum Gasteiger partial charge on any atom is -0.464 e. The first-order valence-corrected chi connectivity index (χ1v) is 8.76. The number of carbonyl (C=O) groups excluding carboxylic acids is 1. The van der Waals surface area contributed by atoms with E-state index < -0.39 is 10.7 Å². The van der Waals surface area contributed by atoms with Crippen molar-refractivity contribution in [1.29, 1.82) is 0 Å². The second-order valence-corrected chi connectivity index (χ2v) is 9.96. The van der Waals surface area contributed by atoms with Crippen LogP contribution >= 0.6 is 11.8 Å². The smallest absolute Gasteiger partial charge is 0.321 e. The molecule has 0 aromatic carbocycles. The standard InChI is InChI=1S/C17H32F2O2S/c1-14(2,3)15(4,5)12-21-13(20)16(6,7)22-11-9-10-17(8,18)19/h9-12H2,1-8H3. The van der Waals surface area contributed by atoms with Gasteiger partial charge in [0.25, 0.3) is 0 Å². The van der Waals surface area contributed by atoms with E-state index in [1.165, 1.54) is 11.8 Å². The zero-order valence-electron chi connectivity index (χ0n) is 15.3. The molecule has 132 valence electrons. The maximum Gasteiger partial charge on any atom is 0.321 e. The Kier molecular flexibility index (Phi) is 7.39. The van der Waals surface area contributed by atoms with Crippen molar-refractivity contribution in [3.8, 4) is 0 Å². The highest BCUT2D eigenvalue weighted by Crippen LogP contribution is 2.38. The molecule has 0 heterocycles. The van der Waals surface area contributed by atoms with E-state index in [-0.39, 0.29) is 23.2 Å². The SMILES string of the molecule is CC(F)(F)CCCSC(C)(C)C(=O)OCC(C)(C)C(C)(C)C. The summed E-state index contributed by atoms with van der Waals surface area (Å²) in [4.78, 5) is 12.2. The highest BCUT2D eigenvalue weighted by atomic mass is 32.2. The van der Waals surface area contributed by atoms with E-state index in [0.29, 0.717) is 18.8 Å². The van der Waals surface area contributed by atoms with Gasteiger partial charge in [0.05, 0.1) is 6.61 Å². The van der Waals surface area contributed by atoms with Crippen molar-refractivity contribution in [2.75, 3.05) is 12.4 Å². The van der Waals surface area contributed by atoms with Crippen LogP contribution in [0.25, 0.3) is 0 Å². The number of carbonyl (C=O) groups is 1. The Labute approximate surface area is 138 Å². The maximum atomic E-state index is 12.8. The lowest BCUT2D eigenvalue weighted by molar-refractivity contribution is -0.151. The van der Waals surface area contributed by atoms with Crippen LogP contribution in [0.3, 0.4) is 0 Å². The first-order chi connectivity index (χ1) is 9.58. The fourth-order valence-electron chi connectivity index (χ4n) is 1.41. The first kappa shape index (κ1) is 21.7. The molecule has 0 aliphatic carbocycles. The van der Waals surface area contributed by atoms with Gasteiger partial charge in [-0.15, -0.1) is 11.8 Å². The Bertz CT molecular complexity index is 366. The third-order valence-electron chi connectivity index (χ3n) is 4.31. The molecule has 0 saturated carbocycles. The van der Waals surface area contributed by atoms with Gasteiger partial charge in [0, 0.05) is 11.8 Å². The normalized spacial score (nSPS) is 14.1. The zero-order valence-corrected chi connectivity index (χ0v) is 16.1. The number of alkyl halides is 2. The first-order valence-electron chi connectivity index (χ1n) is 7.77. The predicted octanol–water partition coefficient (Wildman–Crippen LogP) is 5.55. The van der Waals surface area contributed by atoms with Crippen LogP contribution in [-0.2, 0) is 9.53 Å². The molecule has 0 spiro atoms. The topological polar surface area (TPSA) is 26.3 Å². The zero-order chi connectivity index (χ0) is 17.8. The maximum absolute atomic E-state index is 12.8. The molecule has 0 unspecified atom stereocenters. The molecule has 0 aliphatic heterocycles. The second kappa shape index (κ2) is 7.50. The van der Waals surface area contributed by atoms with Gasteiger partial charge in [0.1, 0.15) is 4.75 Å². The minimum atomic E-state index is -2.64. The molecule has 0 aromatic heterocycles. The molecule has 0 atom stereocenters. The number of ether oxygens (including phenoxy) is 1. The third kappa shape index (κ3) is 7.80. The van der Waals surface area contributed by atoms with Crippen LogP contribution in [0, 0.1) is 10.8 Å². The summed E-state index contributed by atoms with van der Waals surface area (Å²) in [5.41, 5.74) is -0.106. The average molecular weight is 339 g/mol. The number of thioether (sulfide) groups is 1. The van der Waals surface area contributed by atoms with E-state index in [2.05, 4.69) is 34.6 Å². The van der Waals surface area contributed by atoms with Crippen molar-refractivity contribution < 1.29 is 18.3 Å². The highest BCUT2D eigenvalue weighted by molar-refractivity contribution is 8.01. The Balaban J connectivity index is 4.34. The molecule has 0 saturated heterocycles. The van der Waals surface area contributed by atoms with Gasteiger partial charge in [-0.25, -0.2) is 8.78 Å². The summed E-state index contributed by atoms with van der Waals surface area (Å²) in [5.74, 6) is -2.39.